The molecule has 6 heteroatoms. The number of thioether (sulfide) groups is 1. The predicted octanol–water partition coefficient (Wildman–Crippen LogP) is 2.40. The van der Waals surface area contributed by atoms with E-state index in [-0.39, 0.29) is 6.54 Å². The van der Waals surface area contributed by atoms with Crippen LogP contribution in [-0.4, -0.2) is 26.6 Å². The van der Waals surface area contributed by atoms with Crippen LogP contribution < -0.4 is 9.47 Å². The average molecular weight is 257 g/mol. The quantitative estimate of drug-likeness (QED) is 0.461. The Labute approximate surface area is 103 Å². The second kappa shape index (κ2) is 6.27. The summed E-state index contributed by atoms with van der Waals surface area (Å²) in [6.07, 6.45) is 3.14. The van der Waals surface area contributed by atoms with Gasteiger partial charge >= 0.3 is 0 Å². The van der Waals surface area contributed by atoms with Crippen molar-refractivity contribution in [1.82, 2.24) is 0 Å². The van der Waals surface area contributed by atoms with Gasteiger partial charge in [-0.3, -0.25) is 0 Å². The molecule has 0 saturated carbocycles. The lowest BCUT2D eigenvalue weighted by atomic mass is 10.1. The highest BCUT2D eigenvalue weighted by atomic mass is 32.2. The second-order valence-electron chi connectivity index (χ2n) is 3.02. The van der Waals surface area contributed by atoms with Crippen molar-refractivity contribution in [3.63, 3.8) is 0 Å². The Morgan fingerprint density at radius 3 is 2.53 bits per heavy atom. The van der Waals surface area contributed by atoms with Crippen LogP contribution in [0.15, 0.2) is 16.0 Å². The number of rotatable bonds is 5. The summed E-state index contributed by atoms with van der Waals surface area (Å²) < 4.78 is 24.0. The molecule has 0 saturated heterocycles. The summed E-state index contributed by atoms with van der Waals surface area (Å²) in [6, 6.07) is 1.29. The van der Waals surface area contributed by atoms with Crippen LogP contribution >= 0.6 is 11.8 Å². The van der Waals surface area contributed by atoms with Crippen molar-refractivity contribution in [1.29, 1.82) is 0 Å². The molecule has 1 rings (SSSR count). The molecule has 0 bridgehead atoms. The lowest BCUT2D eigenvalue weighted by molar-refractivity contribution is 0.340. The van der Waals surface area contributed by atoms with Crippen LogP contribution in [0.5, 0.6) is 11.5 Å². The van der Waals surface area contributed by atoms with Gasteiger partial charge in [-0.05, 0) is 12.3 Å². The van der Waals surface area contributed by atoms with Crippen molar-refractivity contribution in [2.45, 2.75) is 11.4 Å². The van der Waals surface area contributed by atoms with Crippen LogP contribution in [0.2, 0.25) is 0 Å². The minimum atomic E-state index is -0.425. The Kier molecular flexibility index (Phi) is 5.00. The van der Waals surface area contributed by atoms with Gasteiger partial charge in [-0.15, -0.1) is 11.8 Å². The first-order valence-corrected chi connectivity index (χ1v) is 5.93. The molecule has 1 aromatic rings. The van der Waals surface area contributed by atoms with Crippen molar-refractivity contribution in [2.24, 2.45) is 4.99 Å². The van der Waals surface area contributed by atoms with E-state index < -0.39 is 5.82 Å². The molecule has 1 aromatic carbocycles. The fraction of sp³-hybridized carbons (Fsp3) is 0.364. The first-order chi connectivity index (χ1) is 8.19. The van der Waals surface area contributed by atoms with Crippen molar-refractivity contribution >= 4 is 17.8 Å². The van der Waals surface area contributed by atoms with E-state index in [9.17, 15) is 9.18 Å². The normalized spacial score (nSPS) is 9.65. The van der Waals surface area contributed by atoms with Gasteiger partial charge in [0, 0.05) is 5.56 Å². The number of methoxy groups -OCH3 is 2. The van der Waals surface area contributed by atoms with Crippen molar-refractivity contribution in [3.8, 4) is 11.5 Å². The number of hydrogen-bond donors (Lipinski definition) is 0. The molecule has 0 unspecified atom stereocenters. The standard InChI is InChI=1S/C11H12FNO3S/c1-15-9-7(5-13-6-14)4-8(12)11(17-3)10(9)16-2/h4H,5H2,1-3H3. The number of benzene rings is 1. The third kappa shape index (κ3) is 2.78. The van der Waals surface area contributed by atoms with Gasteiger partial charge in [0.25, 0.3) is 0 Å². The van der Waals surface area contributed by atoms with E-state index >= 15 is 0 Å². The Morgan fingerprint density at radius 1 is 1.41 bits per heavy atom. The van der Waals surface area contributed by atoms with Gasteiger partial charge in [0.05, 0.1) is 25.7 Å². The largest absolute Gasteiger partial charge is 0.492 e. The molecular formula is C11H12FNO3S. The number of nitrogens with zero attached hydrogens (tertiary/aromatic N) is 1. The third-order valence-electron chi connectivity index (χ3n) is 2.15. The number of ether oxygens (including phenoxy) is 2. The van der Waals surface area contributed by atoms with Gasteiger partial charge in [-0.25, -0.2) is 14.2 Å². The molecule has 17 heavy (non-hydrogen) atoms. The molecule has 0 heterocycles. The number of hydrogen-bond acceptors (Lipinski definition) is 5. The summed E-state index contributed by atoms with van der Waals surface area (Å²) in [4.78, 5) is 13.9. The van der Waals surface area contributed by atoms with E-state index in [1.165, 1.54) is 38.1 Å². The van der Waals surface area contributed by atoms with Crippen molar-refractivity contribution in [3.05, 3.63) is 17.4 Å². The highest BCUT2D eigenvalue weighted by Gasteiger charge is 2.19. The molecule has 0 amide bonds. The van der Waals surface area contributed by atoms with Gasteiger partial charge < -0.3 is 9.47 Å². The van der Waals surface area contributed by atoms with Gasteiger partial charge in [-0.1, -0.05) is 0 Å². The van der Waals surface area contributed by atoms with Crippen LogP contribution in [0.25, 0.3) is 0 Å². The smallest absolute Gasteiger partial charge is 0.235 e. The monoisotopic (exact) mass is 257 g/mol. The molecule has 0 spiro atoms. The Balaban J connectivity index is 3.41. The number of halogens is 1. The summed E-state index contributed by atoms with van der Waals surface area (Å²) in [5, 5.41) is 0. The van der Waals surface area contributed by atoms with Crippen LogP contribution in [0.1, 0.15) is 5.56 Å². The Morgan fingerprint density at radius 2 is 2.06 bits per heavy atom. The average Bonchev–Trinajstić information content (AvgIpc) is 2.35. The molecule has 92 valence electrons. The molecule has 0 aliphatic carbocycles. The van der Waals surface area contributed by atoms with Gasteiger partial charge in [0.1, 0.15) is 5.82 Å². The Bertz CT molecular complexity index is 459. The first kappa shape index (κ1) is 13.5. The zero-order valence-electron chi connectivity index (χ0n) is 9.74. The van der Waals surface area contributed by atoms with E-state index in [2.05, 4.69) is 4.99 Å². The highest BCUT2D eigenvalue weighted by molar-refractivity contribution is 7.98. The minimum absolute atomic E-state index is 0.00855. The molecule has 4 nitrogen and oxygen atoms in total. The maximum atomic E-state index is 13.7. The summed E-state index contributed by atoms with van der Waals surface area (Å²) in [7, 11) is 2.89. The molecule has 0 fully saturated rings. The zero-order chi connectivity index (χ0) is 12.8. The summed E-state index contributed by atoms with van der Waals surface area (Å²) >= 11 is 1.22. The lowest BCUT2D eigenvalue weighted by Gasteiger charge is -2.15. The predicted molar refractivity (Wildman–Crippen MR) is 63.1 cm³/mol. The fourth-order valence-corrected chi connectivity index (χ4v) is 2.09. The maximum Gasteiger partial charge on any atom is 0.235 e. The Hall–Kier alpha value is -1.52. The zero-order valence-corrected chi connectivity index (χ0v) is 10.6. The van der Waals surface area contributed by atoms with Crippen LogP contribution in [-0.2, 0) is 11.3 Å². The van der Waals surface area contributed by atoms with Gasteiger partial charge in [0.2, 0.25) is 6.08 Å². The van der Waals surface area contributed by atoms with Crippen molar-refractivity contribution in [2.75, 3.05) is 20.5 Å². The molecule has 0 aliphatic heterocycles. The van der Waals surface area contributed by atoms with Crippen LogP contribution in [0, 0.1) is 5.82 Å². The minimum Gasteiger partial charge on any atom is -0.492 e. The second-order valence-corrected chi connectivity index (χ2v) is 3.84. The first-order valence-electron chi connectivity index (χ1n) is 4.70. The fourth-order valence-electron chi connectivity index (χ4n) is 1.48. The summed E-state index contributed by atoms with van der Waals surface area (Å²) in [6.45, 7) is 0.00855. The van der Waals surface area contributed by atoms with E-state index in [1.54, 1.807) is 6.26 Å². The molecule has 0 radical (unpaired) electrons. The topological polar surface area (TPSA) is 47.9 Å². The van der Waals surface area contributed by atoms with E-state index in [0.717, 1.165) is 0 Å². The molecule has 0 atom stereocenters. The number of isocyanates is 1. The van der Waals surface area contributed by atoms with E-state index in [0.29, 0.717) is 22.0 Å². The number of aliphatic imine (C=N–C) groups is 1. The molecule has 0 aromatic heterocycles. The maximum absolute atomic E-state index is 13.7. The SMILES string of the molecule is COc1c(CN=C=O)cc(F)c(SC)c1OC. The van der Waals surface area contributed by atoms with Gasteiger partial charge in [-0.2, -0.15) is 0 Å². The molecule has 0 N–H and O–H groups in total. The number of carbonyl (C=O) groups excluding carboxylic acids is 1. The molecular weight excluding hydrogens is 245 g/mol. The molecule has 0 aliphatic rings. The summed E-state index contributed by atoms with van der Waals surface area (Å²) in [5.74, 6) is 0.277. The third-order valence-corrected chi connectivity index (χ3v) is 2.94. The van der Waals surface area contributed by atoms with E-state index in [4.69, 9.17) is 9.47 Å². The lowest BCUT2D eigenvalue weighted by Crippen LogP contribution is -1.99. The van der Waals surface area contributed by atoms with Crippen LogP contribution in [0.4, 0.5) is 4.39 Å². The van der Waals surface area contributed by atoms with Gasteiger partial charge in [0.15, 0.2) is 11.5 Å². The van der Waals surface area contributed by atoms with Crippen molar-refractivity contribution < 1.29 is 18.7 Å². The summed E-state index contributed by atoms with van der Waals surface area (Å²) in [5.41, 5.74) is 0.447. The highest BCUT2D eigenvalue weighted by Crippen LogP contribution is 2.41. The van der Waals surface area contributed by atoms with E-state index in [1.807, 2.05) is 0 Å². The van der Waals surface area contributed by atoms with Crippen LogP contribution in [0.3, 0.4) is 0 Å².